The summed E-state index contributed by atoms with van der Waals surface area (Å²) in [6.07, 6.45) is 0.950. The fraction of sp³-hybridized carbons (Fsp3) is 0.381. The van der Waals surface area contributed by atoms with Gasteiger partial charge in [-0.2, -0.15) is 11.8 Å². The molecule has 2 aliphatic heterocycles. The standard InChI is InChI=1S/C21H22ClN3S4/c1-12(2)28-11-18(27)25-8-7-14-16(10-25)29-21-19(14)20(23-9-17(26)24-21)13-5-3-4-6-15(13)22/h3-6,12H,7-11H2,1-2H3,(H,24,26). The third-order valence-corrected chi connectivity index (χ3v) is 8.33. The smallest absolute Gasteiger partial charge is 0.103 e. The van der Waals surface area contributed by atoms with Crippen LogP contribution >= 0.6 is 59.1 Å². The van der Waals surface area contributed by atoms with E-state index < -0.39 is 0 Å². The third kappa shape index (κ3) is 4.54. The summed E-state index contributed by atoms with van der Waals surface area (Å²) in [6.45, 7) is 6.70. The molecule has 0 amide bonds. The van der Waals surface area contributed by atoms with Crippen molar-refractivity contribution in [2.45, 2.75) is 32.1 Å². The third-order valence-electron chi connectivity index (χ3n) is 4.95. The highest BCUT2D eigenvalue weighted by molar-refractivity contribution is 8.01. The zero-order valence-corrected chi connectivity index (χ0v) is 20.3. The largest absolute Gasteiger partial charge is 0.360 e. The Bertz CT molecular complexity index is 996. The van der Waals surface area contributed by atoms with Crippen LogP contribution in [0.1, 0.15) is 35.4 Å². The molecule has 0 bridgehead atoms. The van der Waals surface area contributed by atoms with Gasteiger partial charge >= 0.3 is 0 Å². The molecule has 3 heterocycles. The average molecular weight is 480 g/mol. The van der Waals surface area contributed by atoms with Crippen molar-refractivity contribution in [3.05, 3.63) is 50.9 Å². The minimum Gasteiger partial charge on any atom is -0.360 e. The fourth-order valence-electron chi connectivity index (χ4n) is 3.55. The summed E-state index contributed by atoms with van der Waals surface area (Å²) in [7, 11) is 0. The molecule has 1 aromatic heterocycles. The molecule has 8 heteroatoms. The van der Waals surface area contributed by atoms with E-state index in [0.717, 1.165) is 51.5 Å². The molecule has 0 fully saturated rings. The first kappa shape index (κ1) is 21.2. The molecule has 0 saturated heterocycles. The van der Waals surface area contributed by atoms with Crippen molar-refractivity contribution in [1.29, 1.82) is 0 Å². The van der Waals surface area contributed by atoms with Crippen LogP contribution in [0, 0.1) is 0 Å². The van der Waals surface area contributed by atoms with Crippen LogP contribution in [-0.4, -0.2) is 44.7 Å². The second kappa shape index (κ2) is 9.02. The van der Waals surface area contributed by atoms with Crippen molar-refractivity contribution in [2.24, 2.45) is 4.99 Å². The summed E-state index contributed by atoms with van der Waals surface area (Å²) in [5.41, 5.74) is 4.44. The van der Waals surface area contributed by atoms with E-state index in [9.17, 15) is 0 Å². The maximum absolute atomic E-state index is 6.53. The highest BCUT2D eigenvalue weighted by Crippen LogP contribution is 2.40. The summed E-state index contributed by atoms with van der Waals surface area (Å²) < 4.78 is 0. The molecule has 29 heavy (non-hydrogen) atoms. The molecular weight excluding hydrogens is 458 g/mol. The number of nitrogens with one attached hydrogen (secondary N) is 1. The zero-order valence-electron chi connectivity index (χ0n) is 16.3. The molecule has 0 radical (unpaired) electrons. The molecule has 0 spiro atoms. The minimum atomic E-state index is 0.481. The second-order valence-corrected chi connectivity index (χ2v) is 11.4. The van der Waals surface area contributed by atoms with Gasteiger partial charge in [0.1, 0.15) is 9.99 Å². The van der Waals surface area contributed by atoms with Gasteiger partial charge in [0.25, 0.3) is 0 Å². The van der Waals surface area contributed by atoms with E-state index in [1.807, 2.05) is 36.0 Å². The lowest BCUT2D eigenvalue weighted by Gasteiger charge is -2.30. The van der Waals surface area contributed by atoms with E-state index in [1.54, 1.807) is 11.3 Å². The Balaban J connectivity index is 1.69. The Hall–Kier alpha value is -0.990. The molecular formula is C21H22ClN3S4. The first-order chi connectivity index (χ1) is 13.9. The minimum absolute atomic E-state index is 0.481. The lowest BCUT2D eigenvalue weighted by molar-refractivity contribution is 0.404. The predicted molar refractivity (Wildman–Crippen MR) is 137 cm³/mol. The van der Waals surface area contributed by atoms with Crippen molar-refractivity contribution in [3.63, 3.8) is 0 Å². The first-order valence-electron chi connectivity index (χ1n) is 9.57. The van der Waals surface area contributed by atoms with Crippen molar-refractivity contribution in [2.75, 3.05) is 24.2 Å². The van der Waals surface area contributed by atoms with Gasteiger partial charge in [-0.1, -0.05) is 68.1 Å². The number of nitrogens with zero attached hydrogens (tertiary/aromatic N) is 2. The average Bonchev–Trinajstić information content (AvgIpc) is 2.95. The summed E-state index contributed by atoms with van der Waals surface area (Å²) >= 11 is 21.4. The van der Waals surface area contributed by atoms with Gasteiger partial charge < -0.3 is 10.2 Å². The Kier molecular flexibility index (Phi) is 6.61. The second-order valence-electron chi connectivity index (χ2n) is 7.33. The van der Waals surface area contributed by atoms with E-state index in [-0.39, 0.29) is 0 Å². The van der Waals surface area contributed by atoms with Gasteiger partial charge in [0, 0.05) is 33.3 Å². The maximum Gasteiger partial charge on any atom is 0.103 e. The van der Waals surface area contributed by atoms with Gasteiger partial charge in [0.05, 0.1) is 23.8 Å². The first-order valence-corrected chi connectivity index (χ1v) is 12.6. The molecule has 2 aliphatic rings. The SMILES string of the molecule is CC(C)SCC(=S)N1CCc2c(sc3c2C(c2ccccc2Cl)=NCC(=S)N3)C1. The highest BCUT2D eigenvalue weighted by Gasteiger charge is 2.30. The normalized spacial score (nSPS) is 16.1. The lowest BCUT2D eigenvalue weighted by Crippen LogP contribution is -2.36. The molecule has 0 saturated carbocycles. The molecule has 0 atom stereocenters. The lowest BCUT2D eigenvalue weighted by atomic mass is 9.95. The van der Waals surface area contributed by atoms with Crippen LogP contribution in [0.5, 0.6) is 0 Å². The summed E-state index contributed by atoms with van der Waals surface area (Å²) in [5.74, 6) is 0.905. The monoisotopic (exact) mass is 479 g/mol. The number of anilines is 1. The molecule has 152 valence electrons. The van der Waals surface area contributed by atoms with Gasteiger partial charge in [-0.3, -0.25) is 4.99 Å². The number of halogens is 1. The maximum atomic E-state index is 6.53. The molecule has 3 nitrogen and oxygen atoms in total. The van der Waals surface area contributed by atoms with Gasteiger partial charge in [-0.05, 0) is 23.3 Å². The fourth-order valence-corrected chi connectivity index (χ4v) is 6.32. The van der Waals surface area contributed by atoms with Crippen molar-refractivity contribution in [3.8, 4) is 0 Å². The van der Waals surface area contributed by atoms with Crippen LogP contribution in [0.25, 0.3) is 0 Å². The van der Waals surface area contributed by atoms with E-state index in [0.29, 0.717) is 16.8 Å². The van der Waals surface area contributed by atoms with E-state index in [2.05, 4.69) is 24.1 Å². The molecule has 1 aromatic carbocycles. The predicted octanol–water partition coefficient (Wildman–Crippen LogP) is 5.82. The Morgan fingerprint density at radius 3 is 2.93 bits per heavy atom. The summed E-state index contributed by atoms with van der Waals surface area (Å²) in [6, 6.07) is 7.91. The van der Waals surface area contributed by atoms with Crippen LogP contribution in [0.15, 0.2) is 29.3 Å². The number of thioether (sulfide) groups is 1. The molecule has 2 aromatic rings. The van der Waals surface area contributed by atoms with Crippen molar-refractivity contribution >= 4 is 79.8 Å². The van der Waals surface area contributed by atoms with Crippen LogP contribution in [0.2, 0.25) is 5.02 Å². The number of thiocarbonyl (C=S) groups is 2. The Morgan fingerprint density at radius 1 is 1.38 bits per heavy atom. The topological polar surface area (TPSA) is 27.6 Å². The van der Waals surface area contributed by atoms with Crippen LogP contribution < -0.4 is 5.32 Å². The van der Waals surface area contributed by atoms with E-state index in [4.69, 9.17) is 41.0 Å². The van der Waals surface area contributed by atoms with Crippen molar-refractivity contribution < 1.29 is 0 Å². The highest BCUT2D eigenvalue weighted by atomic mass is 35.5. The molecule has 1 N–H and O–H groups in total. The van der Waals surface area contributed by atoms with Crippen LogP contribution in [0.4, 0.5) is 5.00 Å². The summed E-state index contributed by atoms with van der Waals surface area (Å²) in [4.78, 5) is 10.3. The van der Waals surface area contributed by atoms with Gasteiger partial charge in [-0.15, -0.1) is 11.3 Å². The molecule has 0 aliphatic carbocycles. The summed E-state index contributed by atoms with van der Waals surface area (Å²) in [5, 5.41) is 5.81. The van der Waals surface area contributed by atoms with Crippen molar-refractivity contribution in [1.82, 2.24) is 4.90 Å². The van der Waals surface area contributed by atoms with E-state index in [1.165, 1.54) is 16.0 Å². The Morgan fingerprint density at radius 2 is 2.17 bits per heavy atom. The van der Waals surface area contributed by atoms with Gasteiger partial charge in [0.2, 0.25) is 0 Å². The molecule has 4 rings (SSSR count). The number of fused-ring (bicyclic) bond motifs is 3. The van der Waals surface area contributed by atoms with Gasteiger partial charge in [-0.25, -0.2) is 0 Å². The van der Waals surface area contributed by atoms with Gasteiger partial charge in [0.15, 0.2) is 0 Å². The number of thiophene rings is 1. The number of hydrogen-bond acceptors (Lipinski definition) is 5. The quantitative estimate of drug-likeness (QED) is 0.558. The number of hydrogen-bond donors (Lipinski definition) is 1. The Labute approximate surface area is 195 Å². The zero-order chi connectivity index (χ0) is 20.5. The van der Waals surface area contributed by atoms with E-state index >= 15 is 0 Å². The number of aliphatic imine (C=N–C) groups is 1. The molecule has 0 unspecified atom stereocenters. The van der Waals surface area contributed by atoms with Crippen LogP contribution in [0.3, 0.4) is 0 Å². The number of rotatable bonds is 4. The van der Waals surface area contributed by atoms with Crippen LogP contribution in [-0.2, 0) is 13.0 Å². The number of benzene rings is 1.